The molecule has 2 heterocycles. The molecule has 0 aliphatic carbocycles. The van der Waals surface area contributed by atoms with Crippen LogP contribution in [0.25, 0.3) is 0 Å². The molecule has 6 heteroatoms. The van der Waals surface area contributed by atoms with E-state index in [-0.39, 0.29) is 24.7 Å². The zero-order valence-corrected chi connectivity index (χ0v) is 12.3. The minimum atomic E-state index is -1.16. The summed E-state index contributed by atoms with van der Waals surface area (Å²) in [6.07, 6.45) is 0. The van der Waals surface area contributed by atoms with Crippen molar-refractivity contribution in [3.8, 4) is 0 Å². The van der Waals surface area contributed by atoms with Gasteiger partial charge in [-0.3, -0.25) is 4.79 Å². The van der Waals surface area contributed by atoms with Crippen molar-refractivity contribution in [2.45, 2.75) is 19.4 Å². The van der Waals surface area contributed by atoms with Gasteiger partial charge < -0.3 is 15.0 Å². The lowest BCUT2D eigenvalue weighted by molar-refractivity contribution is -0.0765. The van der Waals surface area contributed by atoms with Crippen LogP contribution in [0.15, 0.2) is 24.3 Å². The molecule has 0 unspecified atom stereocenters. The summed E-state index contributed by atoms with van der Waals surface area (Å²) >= 11 is 0. The normalized spacial score (nSPS) is 16.2. The fraction of sp³-hybridized carbons (Fsp3) is 0.312. The van der Waals surface area contributed by atoms with E-state index in [0.29, 0.717) is 11.3 Å². The monoisotopic (exact) mass is 306 g/mol. The summed E-state index contributed by atoms with van der Waals surface area (Å²) in [5.41, 5.74) is 0.697. The van der Waals surface area contributed by atoms with Crippen molar-refractivity contribution in [1.82, 2.24) is 10.3 Å². The maximum Gasteiger partial charge on any atom is 0.253 e. The van der Waals surface area contributed by atoms with Gasteiger partial charge in [-0.05, 0) is 32.0 Å². The molecular weight excluding hydrogens is 290 g/mol. The van der Waals surface area contributed by atoms with Crippen LogP contribution < -0.4 is 5.32 Å². The molecule has 0 saturated carbocycles. The molecule has 1 fully saturated rings. The maximum atomic E-state index is 14.0. The molecule has 22 heavy (non-hydrogen) atoms. The van der Waals surface area contributed by atoms with Crippen LogP contribution in [0.1, 0.15) is 27.3 Å². The lowest BCUT2D eigenvalue weighted by Gasteiger charge is -2.42. The van der Waals surface area contributed by atoms with Gasteiger partial charge in [-0.1, -0.05) is 6.07 Å². The van der Waals surface area contributed by atoms with Crippen LogP contribution in [-0.2, 0) is 10.3 Å². The first-order valence-electron chi connectivity index (χ1n) is 6.94. The molecular formula is C16H16F2N2O2. The van der Waals surface area contributed by atoms with Gasteiger partial charge in [0.15, 0.2) is 0 Å². The van der Waals surface area contributed by atoms with Gasteiger partial charge >= 0.3 is 0 Å². The molecule has 2 aromatic rings. The smallest absolute Gasteiger partial charge is 0.253 e. The Labute approximate surface area is 126 Å². The SMILES string of the molecule is Cc1cc(C(=O)NC2(c3c(F)cccc3F)COC2)c(C)[nH]1. The number of halogens is 2. The van der Waals surface area contributed by atoms with Gasteiger partial charge in [0.1, 0.15) is 17.2 Å². The number of hydrogen-bond donors (Lipinski definition) is 2. The highest BCUT2D eigenvalue weighted by atomic mass is 19.1. The predicted molar refractivity (Wildman–Crippen MR) is 76.6 cm³/mol. The number of H-pyrrole nitrogens is 1. The molecule has 1 saturated heterocycles. The molecule has 0 atom stereocenters. The number of aromatic amines is 1. The van der Waals surface area contributed by atoms with Crippen LogP contribution in [0.5, 0.6) is 0 Å². The number of aromatic nitrogens is 1. The second-order valence-corrected chi connectivity index (χ2v) is 5.62. The van der Waals surface area contributed by atoms with E-state index in [1.807, 2.05) is 6.92 Å². The van der Waals surface area contributed by atoms with Crippen molar-refractivity contribution in [2.75, 3.05) is 13.2 Å². The lowest BCUT2D eigenvalue weighted by atomic mass is 9.86. The molecule has 0 spiro atoms. The Balaban J connectivity index is 1.95. The molecule has 1 amide bonds. The van der Waals surface area contributed by atoms with E-state index in [1.165, 1.54) is 18.2 Å². The summed E-state index contributed by atoms with van der Waals surface area (Å²) in [4.78, 5) is 15.5. The van der Waals surface area contributed by atoms with E-state index in [0.717, 1.165) is 5.69 Å². The minimum Gasteiger partial charge on any atom is -0.376 e. The number of rotatable bonds is 3. The average molecular weight is 306 g/mol. The topological polar surface area (TPSA) is 54.1 Å². The first-order chi connectivity index (χ1) is 10.4. The third kappa shape index (κ3) is 2.29. The van der Waals surface area contributed by atoms with Crippen LogP contribution >= 0.6 is 0 Å². The van der Waals surface area contributed by atoms with Crippen LogP contribution in [0.2, 0.25) is 0 Å². The van der Waals surface area contributed by atoms with Crippen molar-refractivity contribution in [3.05, 3.63) is 58.4 Å². The second-order valence-electron chi connectivity index (χ2n) is 5.62. The number of hydrogen-bond acceptors (Lipinski definition) is 2. The summed E-state index contributed by atoms with van der Waals surface area (Å²) < 4.78 is 33.2. The average Bonchev–Trinajstić information content (AvgIpc) is 2.74. The molecule has 1 aromatic heterocycles. The zero-order valence-electron chi connectivity index (χ0n) is 12.3. The second kappa shape index (κ2) is 5.21. The fourth-order valence-corrected chi connectivity index (χ4v) is 2.78. The third-order valence-electron chi connectivity index (χ3n) is 3.89. The minimum absolute atomic E-state index is 0.0407. The van der Waals surface area contributed by atoms with Crippen molar-refractivity contribution in [1.29, 1.82) is 0 Å². The summed E-state index contributed by atoms with van der Waals surface area (Å²) in [6, 6.07) is 5.35. The van der Waals surface area contributed by atoms with Gasteiger partial charge in [-0.2, -0.15) is 0 Å². The number of amides is 1. The van der Waals surface area contributed by atoms with Gasteiger partial charge in [-0.15, -0.1) is 0 Å². The van der Waals surface area contributed by atoms with E-state index in [2.05, 4.69) is 10.3 Å². The van der Waals surface area contributed by atoms with E-state index in [1.54, 1.807) is 13.0 Å². The molecule has 3 rings (SSSR count). The van der Waals surface area contributed by atoms with Gasteiger partial charge in [-0.25, -0.2) is 8.78 Å². The molecule has 2 N–H and O–H groups in total. The number of benzene rings is 1. The highest BCUT2D eigenvalue weighted by molar-refractivity contribution is 5.96. The standard InChI is InChI=1S/C16H16F2N2O2/c1-9-6-11(10(2)19-9)15(21)20-16(7-22-8-16)14-12(17)4-3-5-13(14)18/h3-6,19H,7-8H2,1-2H3,(H,20,21). The van der Waals surface area contributed by atoms with Crippen molar-refractivity contribution < 1.29 is 18.3 Å². The summed E-state index contributed by atoms with van der Waals surface area (Å²) in [5.74, 6) is -1.76. The Morgan fingerprint density at radius 2 is 1.91 bits per heavy atom. The van der Waals surface area contributed by atoms with Crippen molar-refractivity contribution in [2.24, 2.45) is 0 Å². The number of carbonyl (C=O) groups is 1. The van der Waals surface area contributed by atoms with E-state index < -0.39 is 17.2 Å². The molecule has 1 aliphatic heterocycles. The summed E-state index contributed by atoms with van der Waals surface area (Å²) in [5, 5.41) is 2.73. The highest BCUT2D eigenvalue weighted by Gasteiger charge is 2.46. The summed E-state index contributed by atoms with van der Waals surface area (Å²) in [7, 11) is 0. The molecule has 1 aromatic carbocycles. The van der Waals surface area contributed by atoms with Crippen LogP contribution in [-0.4, -0.2) is 24.1 Å². The van der Waals surface area contributed by atoms with Crippen LogP contribution in [0.4, 0.5) is 8.78 Å². The Morgan fingerprint density at radius 1 is 1.27 bits per heavy atom. The molecule has 116 valence electrons. The molecule has 0 radical (unpaired) electrons. The number of ether oxygens (including phenoxy) is 1. The Morgan fingerprint density at radius 3 is 2.36 bits per heavy atom. The number of aryl methyl sites for hydroxylation is 2. The molecule has 0 bridgehead atoms. The first kappa shape index (κ1) is 14.7. The Kier molecular flexibility index (Phi) is 3.48. The van der Waals surface area contributed by atoms with Crippen molar-refractivity contribution >= 4 is 5.91 Å². The zero-order chi connectivity index (χ0) is 15.9. The van der Waals surface area contributed by atoms with Crippen LogP contribution in [0, 0.1) is 25.5 Å². The Hall–Kier alpha value is -2.21. The van der Waals surface area contributed by atoms with E-state index >= 15 is 0 Å². The van der Waals surface area contributed by atoms with Gasteiger partial charge in [0.05, 0.1) is 24.3 Å². The van der Waals surface area contributed by atoms with Crippen LogP contribution in [0.3, 0.4) is 0 Å². The Bertz CT molecular complexity index is 715. The van der Waals surface area contributed by atoms with Gasteiger partial charge in [0.2, 0.25) is 0 Å². The number of nitrogens with one attached hydrogen (secondary N) is 2. The maximum absolute atomic E-state index is 14.0. The highest BCUT2D eigenvalue weighted by Crippen LogP contribution is 2.33. The lowest BCUT2D eigenvalue weighted by Crippen LogP contribution is -2.60. The molecule has 4 nitrogen and oxygen atoms in total. The van der Waals surface area contributed by atoms with E-state index in [4.69, 9.17) is 4.74 Å². The summed E-state index contributed by atoms with van der Waals surface area (Å²) in [6.45, 7) is 3.69. The molecule has 1 aliphatic rings. The number of carbonyl (C=O) groups excluding carboxylic acids is 1. The largest absolute Gasteiger partial charge is 0.376 e. The predicted octanol–water partition coefficient (Wildman–Crippen LogP) is 2.57. The quantitative estimate of drug-likeness (QED) is 0.915. The van der Waals surface area contributed by atoms with Gasteiger partial charge in [0.25, 0.3) is 5.91 Å². The van der Waals surface area contributed by atoms with E-state index in [9.17, 15) is 13.6 Å². The van der Waals surface area contributed by atoms with Gasteiger partial charge in [0, 0.05) is 11.4 Å². The van der Waals surface area contributed by atoms with Crippen molar-refractivity contribution in [3.63, 3.8) is 0 Å². The fourth-order valence-electron chi connectivity index (χ4n) is 2.78. The first-order valence-corrected chi connectivity index (χ1v) is 6.94. The third-order valence-corrected chi connectivity index (χ3v) is 3.89.